The molecule has 1 aromatic heterocycles. The molecular weight excluding hydrogens is 244 g/mol. The molecule has 0 aliphatic heterocycles. The number of ether oxygens (including phenoxy) is 2. The van der Waals surface area contributed by atoms with E-state index in [0.717, 1.165) is 16.9 Å². The lowest BCUT2D eigenvalue weighted by Crippen LogP contribution is -2.11. The molecule has 0 atom stereocenters. The van der Waals surface area contributed by atoms with Gasteiger partial charge in [0.1, 0.15) is 12.1 Å². The largest absolute Gasteiger partial charge is 0.489 e. The molecule has 1 heterocycles. The Balaban J connectivity index is 2.40. The standard InChI is InChI=1S/C13H16N4O2/c1-8-4-5-9(2)10(6-8)19-13-11(18-3)12(17-14)15-7-16-13/h4-7H,14H2,1-3H3,(H,15,16,17). The molecule has 2 aromatic rings. The zero-order valence-corrected chi connectivity index (χ0v) is 11.1. The third kappa shape index (κ3) is 2.74. The third-order valence-electron chi connectivity index (χ3n) is 2.66. The van der Waals surface area contributed by atoms with Gasteiger partial charge in [0.2, 0.25) is 5.75 Å². The monoisotopic (exact) mass is 260 g/mol. The fraction of sp³-hybridized carbons (Fsp3) is 0.231. The molecule has 6 heteroatoms. The van der Waals surface area contributed by atoms with Gasteiger partial charge in [-0.05, 0) is 31.0 Å². The van der Waals surface area contributed by atoms with Crippen molar-refractivity contribution in [3.8, 4) is 17.4 Å². The Morgan fingerprint density at radius 3 is 2.68 bits per heavy atom. The van der Waals surface area contributed by atoms with Crippen LogP contribution in [0.15, 0.2) is 24.5 Å². The molecule has 0 bridgehead atoms. The van der Waals surface area contributed by atoms with E-state index in [1.807, 2.05) is 32.0 Å². The zero-order valence-electron chi connectivity index (χ0n) is 11.1. The molecule has 0 aliphatic carbocycles. The van der Waals surface area contributed by atoms with Crippen LogP contribution >= 0.6 is 0 Å². The summed E-state index contributed by atoms with van der Waals surface area (Å²) in [5.41, 5.74) is 4.55. The maximum atomic E-state index is 5.78. The van der Waals surface area contributed by atoms with Crippen molar-refractivity contribution in [2.45, 2.75) is 13.8 Å². The molecule has 100 valence electrons. The van der Waals surface area contributed by atoms with Gasteiger partial charge < -0.3 is 14.9 Å². The van der Waals surface area contributed by atoms with E-state index in [2.05, 4.69) is 15.4 Å². The number of hydrogen-bond acceptors (Lipinski definition) is 6. The minimum atomic E-state index is 0.319. The summed E-state index contributed by atoms with van der Waals surface area (Å²) in [5, 5.41) is 0. The van der Waals surface area contributed by atoms with Crippen LogP contribution in [0.1, 0.15) is 11.1 Å². The summed E-state index contributed by atoms with van der Waals surface area (Å²) in [5.74, 6) is 7.15. The van der Waals surface area contributed by atoms with Gasteiger partial charge >= 0.3 is 0 Å². The number of nitrogen functional groups attached to an aromatic ring is 1. The second-order valence-electron chi connectivity index (χ2n) is 4.08. The van der Waals surface area contributed by atoms with E-state index in [0.29, 0.717) is 17.4 Å². The maximum absolute atomic E-state index is 5.78. The average Bonchev–Trinajstić information content (AvgIpc) is 2.42. The second-order valence-corrected chi connectivity index (χ2v) is 4.08. The number of nitrogens with zero attached hydrogens (tertiary/aromatic N) is 2. The van der Waals surface area contributed by atoms with Crippen LogP contribution in [-0.2, 0) is 0 Å². The van der Waals surface area contributed by atoms with Crippen molar-refractivity contribution in [2.75, 3.05) is 12.5 Å². The number of aromatic nitrogens is 2. The zero-order chi connectivity index (χ0) is 13.8. The van der Waals surface area contributed by atoms with Crippen LogP contribution < -0.4 is 20.7 Å². The van der Waals surface area contributed by atoms with Gasteiger partial charge in [0.05, 0.1) is 7.11 Å². The Kier molecular flexibility index (Phi) is 3.82. The summed E-state index contributed by atoms with van der Waals surface area (Å²) < 4.78 is 11.0. The molecular formula is C13H16N4O2. The molecule has 0 aliphatic rings. The lowest BCUT2D eigenvalue weighted by atomic mass is 10.1. The molecule has 1 aromatic carbocycles. The smallest absolute Gasteiger partial charge is 0.268 e. The van der Waals surface area contributed by atoms with Crippen LogP contribution in [0, 0.1) is 13.8 Å². The van der Waals surface area contributed by atoms with Crippen LogP contribution in [0.25, 0.3) is 0 Å². The van der Waals surface area contributed by atoms with Crippen molar-refractivity contribution in [3.63, 3.8) is 0 Å². The number of hydrazine groups is 1. The van der Waals surface area contributed by atoms with Crippen LogP contribution in [0.2, 0.25) is 0 Å². The number of benzene rings is 1. The number of rotatable bonds is 4. The van der Waals surface area contributed by atoms with Crippen LogP contribution in [0.5, 0.6) is 17.4 Å². The molecule has 0 radical (unpaired) electrons. The van der Waals surface area contributed by atoms with Gasteiger partial charge in [-0.2, -0.15) is 4.98 Å². The van der Waals surface area contributed by atoms with Crippen molar-refractivity contribution < 1.29 is 9.47 Å². The Morgan fingerprint density at radius 2 is 2.00 bits per heavy atom. The van der Waals surface area contributed by atoms with Crippen molar-refractivity contribution in [2.24, 2.45) is 5.84 Å². The molecule has 0 saturated carbocycles. The van der Waals surface area contributed by atoms with Crippen molar-refractivity contribution in [1.82, 2.24) is 9.97 Å². The highest BCUT2D eigenvalue weighted by atomic mass is 16.5. The highest BCUT2D eigenvalue weighted by Crippen LogP contribution is 2.34. The first kappa shape index (κ1) is 13.1. The number of aryl methyl sites for hydroxylation is 2. The summed E-state index contributed by atoms with van der Waals surface area (Å²) in [6.07, 6.45) is 1.36. The van der Waals surface area contributed by atoms with E-state index in [1.54, 1.807) is 0 Å². The van der Waals surface area contributed by atoms with E-state index >= 15 is 0 Å². The fourth-order valence-electron chi connectivity index (χ4n) is 1.64. The van der Waals surface area contributed by atoms with Crippen LogP contribution in [-0.4, -0.2) is 17.1 Å². The topological polar surface area (TPSA) is 82.3 Å². The minimum Gasteiger partial charge on any atom is -0.489 e. The van der Waals surface area contributed by atoms with Gasteiger partial charge in [0.25, 0.3) is 5.88 Å². The van der Waals surface area contributed by atoms with Crippen molar-refractivity contribution in [1.29, 1.82) is 0 Å². The maximum Gasteiger partial charge on any atom is 0.268 e. The lowest BCUT2D eigenvalue weighted by molar-refractivity contribution is 0.368. The summed E-state index contributed by atoms with van der Waals surface area (Å²) in [6, 6.07) is 5.94. The predicted octanol–water partition coefficient (Wildman–Crippen LogP) is 2.18. The molecule has 3 N–H and O–H groups in total. The normalized spacial score (nSPS) is 10.1. The predicted molar refractivity (Wildman–Crippen MR) is 72.4 cm³/mol. The van der Waals surface area contributed by atoms with E-state index < -0.39 is 0 Å². The van der Waals surface area contributed by atoms with Gasteiger partial charge in [-0.15, -0.1) is 0 Å². The Bertz CT molecular complexity index is 587. The average molecular weight is 260 g/mol. The number of hydrogen-bond donors (Lipinski definition) is 2. The van der Waals surface area contributed by atoms with Crippen molar-refractivity contribution >= 4 is 5.82 Å². The minimum absolute atomic E-state index is 0.319. The first-order valence-electron chi connectivity index (χ1n) is 5.76. The van der Waals surface area contributed by atoms with Crippen LogP contribution in [0.4, 0.5) is 5.82 Å². The van der Waals surface area contributed by atoms with Gasteiger partial charge in [0.15, 0.2) is 5.82 Å². The summed E-state index contributed by atoms with van der Waals surface area (Å²) in [4.78, 5) is 8.03. The molecule has 0 unspecified atom stereocenters. The van der Waals surface area contributed by atoms with Gasteiger partial charge in [-0.1, -0.05) is 12.1 Å². The molecule has 6 nitrogen and oxygen atoms in total. The number of anilines is 1. The highest BCUT2D eigenvalue weighted by Gasteiger charge is 2.14. The first-order valence-corrected chi connectivity index (χ1v) is 5.76. The Hall–Kier alpha value is -2.34. The molecule has 0 saturated heterocycles. The highest BCUT2D eigenvalue weighted by molar-refractivity contribution is 5.55. The van der Waals surface area contributed by atoms with E-state index in [-0.39, 0.29) is 0 Å². The Morgan fingerprint density at radius 1 is 1.21 bits per heavy atom. The quantitative estimate of drug-likeness (QED) is 0.647. The van der Waals surface area contributed by atoms with Gasteiger partial charge in [0, 0.05) is 0 Å². The number of methoxy groups -OCH3 is 1. The third-order valence-corrected chi connectivity index (χ3v) is 2.66. The lowest BCUT2D eigenvalue weighted by Gasteiger charge is -2.13. The van der Waals surface area contributed by atoms with Gasteiger partial charge in [-0.3, -0.25) is 0 Å². The van der Waals surface area contributed by atoms with E-state index in [4.69, 9.17) is 15.3 Å². The molecule has 0 fully saturated rings. The molecule has 2 rings (SSSR count). The number of nitrogens with one attached hydrogen (secondary N) is 1. The molecule has 0 spiro atoms. The molecule has 0 amide bonds. The fourth-order valence-corrected chi connectivity index (χ4v) is 1.64. The summed E-state index contributed by atoms with van der Waals surface area (Å²) in [6.45, 7) is 3.96. The summed E-state index contributed by atoms with van der Waals surface area (Å²) in [7, 11) is 1.51. The Labute approximate surface area is 111 Å². The first-order chi connectivity index (χ1) is 9.15. The van der Waals surface area contributed by atoms with E-state index in [1.165, 1.54) is 13.4 Å². The summed E-state index contributed by atoms with van der Waals surface area (Å²) >= 11 is 0. The number of nitrogens with two attached hydrogens (primary N) is 1. The second kappa shape index (κ2) is 5.53. The van der Waals surface area contributed by atoms with Crippen molar-refractivity contribution in [3.05, 3.63) is 35.7 Å². The van der Waals surface area contributed by atoms with E-state index in [9.17, 15) is 0 Å². The van der Waals surface area contributed by atoms with Crippen LogP contribution in [0.3, 0.4) is 0 Å². The molecule has 19 heavy (non-hydrogen) atoms. The SMILES string of the molecule is COc1c(NN)ncnc1Oc1cc(C)ccc1C. The van der Waals surface area contributed by atoms with Gasteiger partial charge in [-0.25, -0.2) is 10.8 Å².